The predicted octanol–water partition coefficient (Wildman–Crippen LogP) is 3.91. The van der Waals surface area contributed by atoms with Crippen molar-refractivity contribution in [2.75, 3.05) is 0 Å². The van der Waals surface area contributed by atoms with Gasteiger partial charge in [-0.2, -0.15) is 5.26 Å². The Bertz CT molecular complexity index is 1260. The van der Waals surface area contributed by atoms with E-state index in [9.17, 15) is 14.9 Å². The van der Waals surface area contributed by atoms with E-state index in [0.29, 0.717) is 34.7 Å². The van der Waals surface area contributed by atoms with Crippen molar-refractivity contribution in [3.8, 4) is 11.9 Å². The number of nitrogens with one attached hydrogen (secondary N) is 1. The largest absolute Gasteiger partial charge is 0.337 e. The summed E-state index contributed by atoms with van der Waals surface area (Å²) >= 11 is 1.20. The van der Waals surface area contributed by atoms with E-state index in [-0.39, 0.29) is 11.5 Å². The molecule has 1 fully saturated rings. The minimum Gasteiger partial charge on any atom is -0.337 e. The summed E-state index contributed by atoms with van der Waals surface area (Å²) in [5.41, 5.74) is 0.491. The van der Waals surface area contributed by atoms with Crippen LogP contribution in [-0.2, 0) is 4.79 Å². The number of pyridine rings is 1. The second-order valence-electron chi connectivity index (χ2n) is 8.25. The molecule has 1 saturated carbocycles. The molecule has 2 aromatic heterocycles. The maximum absolute atomic E-state index is 13.4. The number of thioether (sulfide) groups is 1. The van der Waals surface area contributed by atoms with Crippen LogP contribution in [-0.4, -0.2) is 31.2 Å². The second kappa shape index (κ2) is 9.13. The molecule has 1 amide bonds. The van der Waals surface area contributed by atoms with Crippen LogP contribution in [0.2, 0.25) is 0 Å². The van der Waals surface area contributed by atoms with E-state index in [1.165, 1.54) is 16.3 Å². The number of amides is 1. The van der Waals surface area contributed by atoms with E-state index in [1.807, 2.05) is 25.1 Å². The van der Waals surface area contributed by atoms with E-state index < -0.39 is 10.8 Å². The molecule has 0 aliphatic heterocycles. The van der Waals surface area contributed by atoms with Crippen LogP contribution >= 0.6 is 11.8 Å². The molecule has 0 saturated heterocycles. The Morgan fingerprint density at radius 2 is 2.00 bits per heavy atom. The molecule has 32 heavy (non-hydrogen) atoms. The summed E-state index contributed by atoms with van der Waals surface area (Å²) in [6, 6.07) is 13.1. The number of carbonyl (C=O) groups is 1. The molecule has 0 bridgehead atoms. The lowest BCUT2D eigenvalue weighted by atomic mass is 9.83. The number of carbonyl (C=O) groups excluding carboxylic acids is 1. The van der Waals surface area contributed by atoms with Gasteiger partial charge in [0, 0.05) is 6.20 Å². The van der Waals surface area contributed by atoms with Crippen molar-refractivity contribution in [1.82, 2.24) is 19.9 Å². The van der Waals surface area contributed by atoms with Crippen molar-refractivity contribution in [3.63, 3.8) is 0 Å². The quantitative estimate of drug-likeness (QED) is 0.470. The van der Waals surface area contributed by atoms with Gasteiger partial charge in [0.2, 0.25) is 5.91 Å². The van der Waals surface area contributed by atoms with Gasteiger partial charge in [-0.25, -0.2) is 14.5 Å². The van der Waals surface area contributed by atoms with Gasteiger partial charge in [0.25, 0.3) is 5.56 Å². The number of nitriles is 1. The van der Waals surface area contributed by atoms with E-state index in [4.69, 9.17) is 0 Å². The highest BCUT2D eigenvalue weighted by atomic mass is 32.2. The van der Waals surface area contributed by atoms with Gasteiger partial charge in [-0.1, -0.05) is 43.2 Å². The molecule has 3 aromatic rings. The average molecular weight is 448 g/mol. The first-order valence-corrected chi connectivity index (χ1v) is 11.7. The van der Waals surface area contributed by atoms with Crippen LogP contribution < -0.4 is 10.9 Å². The van der Waals surface area contributed by atoms with Gasteiger partial charge in [0.05, 0.1) is 22.2 Å². The molecule has 8 heteroatoms. The van der Waals surface area contributed by atoms with Crippen LogP contribution in [0.4, 0.5) is 0 Å². The fourth-order valence-electron chi connectivity index (χ4n) is 4.01. The normalized spacial score (nSPS) is 16.3. The number of rotatable bonds is 5. The van der Waals surface area contributed by atoms with Crippen LogP contribution in [0, 0.1) is 18.3 Å². The lowest BCUT2D eigenvalue weighted by Gasteiger charge is -2.32. The van der Waals surface area contributed by atoms with E-state index in [1.54, 1.807) is 31.3 Å². The highest BCUT2D eigenvalue weighted by Crippen LogP contribution is 2.29. The van der Waals surface area contributed by atoms with E-state index >= 15 is 0 Å². The average Bonchev–Trinajstić information content (AvgIpc) is 2.80. The number of aryl methyl sites for hydroxylation is 1. The number of nitrogens with zero attached hydrogens (tertiary/aromatic N) is 4. The number of hydrogen-bond acceptors (Lipinski definition) is 6. The topological polar surface area (TPSA) is 101 Å². The van der Waals surface area contributed by atoms with Crippen LogP contribution in [0.3, 0.4) is 0 Å². The Morgan fingerprint density at radius 3 is 2.72 bits per heavy atom. The zero-order chi connectivity index (χ0) is 22.7. The van der Waals surface area contributed by atoms with Crippen molar-refractivity contribution in [2.24, 2.45) is 0 Å². The predicted molar refractivity (Wildman–Crippen MR) is 125 cm³/mol. The first kappa shape index (κ1) is 22.0. The number of benzene rings is 1. The second-order valence-corrected chi connectivity index (χ2v) is 9.56. The highest BCUT2D eigenvalue weighted by Gasteiger charge is 2.35. The molecular weight excluding hydrogens is 422 g/mol. The maximum atomic E-state index is 13.4. The number of fused-ring (bicyclic) bond motifs is 1. The standard InChI is InChI=1S/C24H25N5O2S/c1-16-10-13-26-20(14-16)29-22(31)18-8-4-5-9-19(18)27-23(29)32-17(2)21(30)28-24(15-25)11-6-3-7-12-24/h4-5,8-10,13-14,17H,3,6-7,11-12H2,1-2H3,(H,28,30). The SMILES string of the molecule is Cc1ccnc(-n2c(SC(C)C(=O)NC3(C#N)CCCCC3)nc3ccccc3c2=O)c1. The molecule has 4 rings (SSSR count). The zero-order valence-electron chi connectivity index (χ0n) is 18.2. The van der Waals surface area contributed by atoms with Crippen molar-refractivity contribution in [3.05, 3.63) is 58.5 Å². The van der Waals surface area contributed by atoms with Crippen LogP contribution in [0.25, 0.3) is 16.7 Å². The molecule has 1 aliphatic carbocycles. The third-order valence-electron chi connectivity index (χ3n) is 5.81. The molecule has 1 aliphatic rings. The first-order valence-electron chi connectivity index (χ1n) is 10.8. The minimum atomic E-state index is -0.807. The molecular formula is C24H25N5O2S. The summed E-state index contributed by atoms with van der Waals surface area (Å²) < 4.78 is 1.46. The Labute approximate surface area is 190 Å². The fraction of sp³-hybridized carbons (Fsp3) is 0.375. The molecule has 0 radical (unpaired) electrons. The summed E-state index contributed by atoms with van der Waals surface area (Å²) in [4.78, 5) is 35.4. The number of para-hydroxylation sites is 1. The first-order chi connectivity index (χ1) is 15.4. The van der Waals surface area contributed by atoms with Gasteiger partial charge < -0.3 is 5.32 Å². The summed E-state index contributed by atoms with van der Waals surface area (Å²) in [5, 5.41) is 13.0. The lowest BCUT2D eigenvalue weighted by Crippen LogP contribution is -2.51. The summed E-state index contributed by atoms with van der Waals surface area (Å²) in [6.07, 6.45) is 5.93. The zero-order valence-corrected chi connectivity index (χ0v) is 19.0. The molecule has 1 N–H and O–H groups in total. The van der Waals surface area contributed by atoms with Gasteiger partial charge in [-0.15, -0.1) is 0 Å². The molecule has 1 aromatic carbocycles. The van der Waals surface area contributed by atoms with Crippen molar-refractivity contribution in [1.29, 1.82) is 5.26 Å². The van der Waals surface area contributed by atoms with Crippen molar-refractivity contribution < 1.29 is 4.79 Å². The van der Waals surface area contributed by atoms with E-state index in [2.05, 4.69) is 21.4 Å². The van der Waals surface area contributed by atoms with Crippen LogP contribution in [0.5, 0.6) is 0 Å². The van der Waals surface area contributed by atoms with Crippen LogP contribution in [0.1, 0.15) is 44.6 Å². The van der Waals surface area contributed by atoms with Gasteiger partial charge in [-0.05, 0) is 56.5 Å². The smallest absolute Gasteiger partial charge is 0.267 e. The summed E-state index contributed by atoms with van der Waals surface area (Å²) in [7, 11) is 0. The monoisotopic (exact) mass is 447 g/mol. The number of hydrogen-bond donors (Lipinski definition) is 1. The summed E-state index contributed by atoms with van der Waals surface area (Å²) in [6.45, 7) is 3.70. The Kier molecular flexibility index (Phi) is 6.28. The highest BCUT2D eigenvalue weighted by molar-refractivity contribution is 8.00. The molecule has 1 unspecified atom stereocenters. The Balaban J connectivity index is 1.70. The third kappa shape index (κ3) is 4.39. The van der Waals surface area contributed by atoms with Gasteiger partial charge >= 0.3 is 0 Å². The Morgan fingerprint density at radius 1 is 1.25 bits per heavy atom. The van der Waals surface area contributed by atoms with Crippen LogP contribution in [0.15, 0.2) is 52.5 Å². The minimum absolute atomic E-state index is 0.232. The molecule has 164 valence electrons. The van der Waals surface area contributed by atoms with Crippen molar-refractivity contribution in [2.45, 2.75) is 61.9 Å². The third-order valence-corrected chi connectivity index (χ3v) is 6.86. The molecule has 1 atom stereocenters. The molecule has 0 spiro atoms. The van der Waals surface area contributed by atoms with Gasteiger partial charge in [0.15, 0.2) is 5.16 Å². The lowest BCUT2D eigenvalue weighted by molar-refractivity contribution is -0.121. The van der Waals surface area contributed by atoms with E-state index in [0.717, 1.165) is 24.8 Å². The molecule has 7 nitrogen and oxygen atoms in total. The fourth-order valence-corrected chi connectivity index (χ4v) is 4.92. The maximum Gasteiger partial charge on any atom is 0.267 e. The van der Waals surface area contributed by atoms with Gasteiger partial charge in [0.1, 0.15) is 11.4 Å². The molecule has 2 heterocycles. The summed E-state index contributed by atoms with van der Waals surface area (Å²) in [5.74, 6) is 0.230. The Hall–Kier alpha value is -3.18. The van der Waals surface area contributed by atoms with Gasteiger partial charge in [-0.3, -0.25) is 9.59 Å². The van der Waals surface area contributed by atoms with Crippen molar-refractivity contribution >= 4 is 28.6 Å². The number of aromatic nitrogens is 3.